The number of nitrogens with zero attached hydrogens (tertiary/aromatic N) is 1. The number of benzene rings is 1. The molecule has 1 aromatic heterocycles. The van der Waals surface area contributed by atoms with Crippen LogP contribution >= 0.6 is 0 Å². The first-order chi connectivity index (χ1) is 9.78. The van der Waals surface area contributed by atoms with Gasteiger partial charge in [-0.1, -0.05) is 24.3 Å². The van der Waals surface area contributed by atoms with Crippen LogP contribution in [0.1, 0.15) is 40.0 Å². The summed E-state index contributed by atoms with van der Waals surface area (Å²) >= 11 is 0. The Balaban J connectivity index is 1.70. The van der Waals surface area contributed by atoms with E-state index in [0.717, 1.165) is 12.8 Å². The van der Waals surface area contributed by atoms with E-state index in [-0.39, 0.29) is 11.9 Å². The van der Waals surface area contributed by atoms with E-state index in [9.17, 15) is 4.79 Å². The highest BCUT2D eigenvalue weighted by Crippen LogP contribution is 2.30. The van der Waals surface area contributed by atoms with Gasteiger partial charge in [0.25, 0.3) is 5.91 Å². The highest BCUT2D eigenvalue weighted by atomic mass is 16.3. The molecule has 104 valence electrons. The van der Waals surface area contributed by atoms with Crippen LogP contribution in [0.3, 0.4) is 0 Å². The zero-order valence-electron chi connectivity index (χ0n) is 11.3. The lowest BCUT2D eigenvalue weighted by Crippen LogP contribution is -2.27. The Morgan fingerprint density at radius 3 is 3.15 bits per heavy atom. The molecule has 5 heteroatoms. The quantitative estimate of drug-likeness (QED) is 0.890. The smallest absolute Gasteiger partial charge is 0.273 e. The number of nitrogens with one attached hydrogen (secondary N) is 2. The molecule has 0 aliphatic heterocycles. The molecule has 0 spiro atoms. The van der Waals surface area contributed by atoms with E-state index in [1.165, 1.54) is 17.4 Å². The highest BCUT2D eigenvalue weighted by molar-refractivity contribution is 5.92. The topological polar surface area (TPSA) is 67.2 Å². The molecular formula is C15H17N3O2. The van der Waals surface area contributed by atoms with Gasteiger partial charge in [0.2, 0.25) is 5.89 Å². The van der Waals surface area contributed by atoms with E-state index in [4.69, 9.17) is 4.42 Å². The molecule has 0 saturated carbocycles. The van der Waals surface area contributed by atoms with Crippen molar-refractivity contribution < 1.29 is 9.21 Å². The number of carbonyl (C=O) groups excluding carboxylic acids is 1. The van der Waals surface area contributed by atoms with Crippen molar-refractivity contribution in [2.24, 2.45) is 0 Å². The summed E-state index contributed by atoms with van der Waals surface area (Å²) in [5.74, 6) is 0.335. The van der Waals surface area contributed by atoms with E-state index in [0.29, 0.717) is 18.1 Å². The van der Waals surface area contributed by atoms with Gasteiger partial charge >= 0.3 is 0 Å². The van der Waals surface area contributed by atoms with Crippen LogP contribution in [0.2, 0.25) is 0 Å². The van der Waals surface area contributed by atoms with E-state index >= 15 is 0 Å². The number of carbonyl (C=O) groups is 1. The van der Waals surface area contributed by atoms with Gasteiger partial charge in [-0.3, -0.25) is 4.79 Å². The molecule has 0 bridgehead atoms. The predicted octanol–water partition coefficient (Wildman–Crippen LogP) is 1.81. The molecular weight excluding hydrogens is 254 g/mol. The second-order valence-electron chi connectivity index (χ2n) is 4.92. The number of fused-ring (bicyclic) bond motifs is 1. The summed E-state index contributed by atoms with van der Waals surface area (Å²) < 4.78 is 5.23. The minimum Gasteiger partial charge on any atom is -0.447 e. The van der Waals surface area contributed by atoms with Crippen LogP contribution in [0.4, 0.5) is 0 Å². The Bertz CT molecular complexity index is 621. The van der Waals surface area contributed by atoms with Gasteiger partial charge in [0.1, 0.15) is 6.26 Å². The number of rotatable bonds is 4. The number of aryl methyl sites for hydroxylation is 1. The molecule has 2 N–H and O–H groups in total. The molecule has 20 heavy (non-hydrogen) atoms. The minimum atomic E-state index is -0.183. The maximum absolute atomic E-state index is 12.2. The summed E-state index contributed by atoms with van der Waals surface area (Å²) in [6, 6.07) is 8.29. The van der Waals surface area contributed by atoms with Crippen LogP contribution in [0.5, 0.6) is 0 Å². The Hall–Kier alpha value is -2.14. The summed E-state index contributed by atoms with van der Waals surface area (Å²) in [7, 11) is 1.80. The van der Waals surface area contributed by atoms with Crippen molar-refractivity contribution in [1.82, 2.24) is 15.6 Å². The van der Waals surface area contributed by atoms with Crippen LogP contribution in [0, 0.1) is 0 Å². The van der Waals surface area contributed by atoms with Gasteiger partial charge in [-0.25, -0.2) is 4.98 Å². The highest BCUT2D eigenvalue weighted by Gasteiger charge is 2.24. The van der Waals surface area contributed by atoms with Crippen LogP contribution in [-0.2, 0) is 13.0 Å². The average molecular weight is 271 g/mol. The maximum atomic E-state index is 12.2. The molecule has 1 atom stereocenters. The third-order valence-corrected chi connectivity index (χ3v) is 3.55. The largest absolute Gasteiger partial charge is 0.447 e. The van der Waals surface area contributed by atoms with Crippen molar-refractivity contribution in [2.75, 3.05) is 7.05 Å². The molecule has 1 heterocycles. The number of aromatic nitrogens is 1. The van der Waals surface area contributed by atoms with Crippen molar-refractivity contribution in [3.8, 4) is 0 Å². The van der Waals surface area contributed by atoms with Gasteiger partial charge in [0.05, 0.1) is 12.6 Å². The van der Waals surface area contributed by atoms with Crippen LogP contribution < -0.4 is 10.6 Å². The van der Waals surface area contributed by atoms with Gasteiger partial charge in [-0.2, -0.15) is 0 Å². The summed E-state index contributed by atoms with van der Waals surface area (Å²) in [6.07, 6.45) is 3.35. The fourth-order valence-corrected chi connectivity index (χ4v) is 2.59. The van der Waals surface area contributed by atoms with Gasteiger partial charge in [0.15, 0.2) is 5.69 Å². The summed E-state index contributed by atoms with van der Waals surface area (Å²) in [6.45, 7) is 0.513. The van der Waals surface area contributed by atoms with Crippen LogP contribution in [-0.4, -0.2) is 17.9 Å². The van der Waals surface area contributed by atoms with Crippen molar-refractivity contribution in [3.63, 3.8) is 0 Å². The maximum Gasteiger partial charge on any atom is 0.273 e. The number of amides is 1. The lowest BCUT2D eigenvalue weighted by atomic mass is 10.1. The van der Waals surface area contributed by atoms with Gasteiger partial charge < -0.3 is 15.1 Å². The van der Waals surface area contributed by atoms with Crippen molar-refractivity contribution in [1.29, 1.82) is 0 Å². The normalized spacial score (nSPS) is 16.9. The molecule has 0 fully saturated rings. The lowest BCUT2D eigenvalue weighted by molar-refractivity contribution is 0.0931. The van der Waals surface area contributed by atoms with E-state index < -0.39 is 0 Å². The second kappa shape index (κ2) is 5.46. The van der Waals surface area contributed by atoms with E-state index in [1.807, 2.05) is 12.1 Å². The van der Waals surface area contributed by atoms with E-state index in [2.05, 4.69) is 27.8 Å². The minimum absolute atomic E-state index is 0.0724. The Labute approximate surface area is 117 Å². The van der Waals surface area contributed by atoms with Crippen molar-refractivity contribution in [3.05, 3.63) is 53.2 Å². The van der Waals surface area contributed by atoms with Gasteiger partial charge in [-0.15, -0.1) is 0 Å². The fraction of sp³-hybridized carbons (Fsp3) is 0.333. The monoisotopic (exact) mass is 271 g/mol. The van der Waals surface area contributed by atoms with Crippen LogP contribution in [0.25, 0.3) is 0 Å². The molecule has 2 aromatic rings. The van der Waals surface area contributed by atoms with Crippen molar-refractivity contribution >= 4 is 5.91 Å². The summed E-state index contributed by atoms with van der Waals surface area (Å²) in [4.78, 5) is 16.3. The summed E-state index contributed by atoms with van der Waals surface area (Å²) in [5, 5.41) is 5.96. The third kappa shape index (κ3) is 2.44. The third-order valence-electron chi connectivity index (χ3n) is 3.55. The average Bonchev–Trinajstić information content (AvgIpc) is 3.07. The zero-order chi connectivity index (χ0) is 13.9. The molecule has 1 aliphatic carbocycles. The fourth-order valence-electron chi connectivity index (χ4n) is 2.59. The predicted molar refractivity (Wildman–Crippen MR) is 74.2 cm³/mol. The molecule has 3 rings (SSSR count). The molecule has 1 aromatic carbocycles. The second-order valence-corrected chi connectivity index (χ2v) is 4.92. The van der Waals surface area contributed by atoms with Gasteiger partial charge in [-0.05, 0) is 31.0 Å². The number of oxazole rings is 1. The Kier molecular flexibility index (Phi) is 3.52. The first kappa shape index (κ1) is 12.9. The number of hydrogen-bond donors (Lipinski definition) is 2. The van der Waals surface area contributed by atoms with Crippen molar-refractivity contribution in [2.45, 2.75) is 25.4 Å². The SMILES string of the molecule is CNCc1nc(C(=O)NC2CCc3ccccc32)co1. The Morgan fingerprint density at radius 2 is 2.30 bits per heavy atom. The molecule has 0 radical (unpaired) electrons. The molecule has 1 aliphatic rings. The Morgan fingerprint density at radius 1 is 1.45 bits per heavy atom. The van der Waals surface area contributed by atoms with E-state index in [1.54, 1.807) is 7.05 Å². The first-order valence-electron chi connectivity index (χ1n) is 6.75. The zero-order valence-corrected chi connectivity index (χ0v) is 11.3. The standard InChI is InChI=1S/C15H17N3O2/c1-16-8-14-17-13(9-20-14)15(19)18-12-7-6-10-4-2-3-5-11(10)12/h2-5,9,12,16H,6-8H2,1H3,(H,18,19). The van der Waals surface area contributed by atoms with Gasteiger partial charge in [0, 0.05) is 0 Å². The molecule has 0 saturated heterocycles. The number of hydrogen-bond acceptors (Lipinski definition) is 4. The first-order valence-corrected chi connectivity index (χ1v) is 6.75. The molecule has 1 unspecified atom stereocenters. The van der Waals surface area contributed by atoms with Crippen LogP contribution in [0.15, 0.2) is 34.9 Å². The molecule has 5 nitrogen and oxygen atoms in total. The molecule has 1 amide bonds. The summed E-state index contributed by atoms with van der Waals surface area (Å²) in [5.41, 5.74) is 2.85. The lowest BCUT2D eigenvalue weighted by Gasteiger charge is -2.12.